The number of aromatic nitrogens is 1. The minimum Gasteiger partial charge on any atom is -0.490 e. The maximum absolute atomic E-state index is 13.0. The lowest BCUT2D eigenvalue weighted by Crippen LogP contribution is -2.50. The quantitative estimate of drug-likeness (QED) is 0.677. The zero-order valence-corrected chi connectivity index (χ0v) is 18.2. The highest BCUT2D eigenvalue weighted by molar-refractivity contribution is 5.84. The third-order valence-corrected chi connectivity index (χ3v) is 6.44. The number of carboxylic acids is 1. The van der Waals surface area contributed by atoms with Gasteiger partial charge < -0.3 is 19.8 Å². The first-order valence-electron chi connectivity index (χ1n) is 11.4. The van der Waals surface area contributed by atoms with Crippen LogP contribution in [0.2, 0.25) is 0 Å². The number of likely N-dealkylation sites (tertiary alicyclic amines) is 2. The van der Waals surface area contributed by atoms with Crippen LogP contribution in [0.5, 0.6) is 5.75 Å². The molecule has 0 radical (unpaired) electrons. The number of fused-ring (bicyclic) bond motifs is 1. The van der Waals surface area contributed by atoms with E-state index in [-0.39, 0.29) is 18.4 Å². The average Bonchev–Trinajstić information content (AvgIpc) is 2.82. The van der Waals surface area contributed by atoms with Gasteiger partial charge in [-0.1, -0.05) is 6.07 Å². The van der Waals surface area contributed by atoms with Gasteiger partial charge in [-0.15, -0.1) is 0 Å². The van der Waals surface area contributed by atoms with Gasteiger partial charge in [-0.3, -0.25) is 19.5 Å². The molecule has 8 heteroatoms. The standard InChI is InChI=1S/C24H31N3O5/c28-19(16-32-22-9-1-8-21-20(22)7-2-10-25-21)15-26-11-3-5-17(13-26)23(29)27-12-4-6-18(14-27)24(30)31/h1-2,7-10,17-19,28H,3-6,11-16H2,(H,30,31)/t17?,18?,19-/m1/s1. The van der Waals surface area contributed by atoms with Gasteiger partial charge in [0.05, 0.1) is 17.4 Å². The van der Waals surface area contributed by atoms with Crippen molar-refractivity contribution in [3.05, 3.63) is 36.5 Å². The summed E-state index contributed by atoms with van der Waals surface area (Å²) in [5.74, 6) is -0.684. The number of hydrogen-bond donors (Lipinski definition) is 2. The molecule has 8 nitrogen and oxygen atoms in total. The molecule has 2 saturated heterocycles. The monoisotopic (exact) mass is 441 g/mol. The molecule has 1 aromatic heterocycles. The molecule has 0 bridgehead atoms. The van der Waals surface area contributed by atoms with Crippen molar-refractivity contribution in [1.82, 2.24) is 14.8 Å². The minimum atomic E-state index is -0.821. The molecule has 2 fully saturated rings. The normalized spacial score (nSPS) is 23.1. The molecule has 2 aliphatic heterocycles. The van der Waals surface area contributed by atoms with Crippen LogP contribution in [0.1, 0.15) is 25.7 Å². The molecule has 32 heavy (non-hydrogen) atoms. The number of rotatable bonds is 7. The number of piperidine rings is 2. The first-order valence-corrected chi connectivity index (χ1v) is 11.4. The second kappa shape index (κ2) is 10.3. The number of benzene rings is 1. The van der Waals surface area contributed by atoms with E-state index in [1.807, 2.05) is 30.3 Å². The first kappa shape index (κ1) is 22.5. The number of aliphatic hydroxyl groups is 1. The van der Waals surface area contributed by atoms with Crippen LogP contribution in [0.15, 0.2) is 36.5 Å². The lowest BCUT2D eigenvalue weighted by molar-refractivity contribution is -0.147. The number of carbonyl (C=O) groups is 2. The van der Waals surface area contributed by atoms with Crippen molar-refractivity contribution in [3.8, 4) is 5.75 Å². The Balaban J connectivity index is 1.29. The van der Waals surface area contributed by atoms with E-state index in [9.17, 15) is 19.8 Å². The van der Waals surface area contributed by atoms with Crippen LogP contribution >= 0.6 is 0 Å². The Bertz CT molecular complexity index is 947. The summed E-state index contributed by atoms with van der Waals surface area (Å²) in [5, 5.41) is 20.8. The van der Waals surface area contributed by atoms with E-state index in [2.05, 4.69) is 9.88 Å². The van der Waals surface area contributed by atoms with Crippen LogP contribution in [0.25, 0.3) is 10.9 Å². The second-order valence-electron chi connectivity index (χ2n) is 8.85. The molecular formula is C24H31N3O5. The number of aliphatic carboxylic acids is 1. The molecule has 4 rings (SSSR count). The predicted octanol–water partition coefficient (Wildman–Crippen LogP) is 2.01. The van der Waals surface area contributed by atoms with Gasteiger partial charge in [-0.05, 0) is 56.5 Å². The molecule has 2 N–H and O–H groups in total. The van der Waals surface area contributed by atoms with Crippen molar-refractivity contribution < 1.29 is 24.5 Å². The summed E-state index contributed by atoms with van der Waals surface area (Å²) in [6.07, 6.45) is 4.12. The number of ether oxygens (including phenoxy) is 1. The van der Waals surface area contributed by atoms with Gasteiger partial charge in [0.15, 0.2) is 0 Å². The summed E-state index contributed by atoms with van der Waals surface area (Å²) in [7, 11) is 0. The number of carboxylic acid groups (broad SMARTS) is 1. The highest BCUT2D eigenvalue weighted by Crippen LogP contribution is 2.25. The van der Waals surface area contributed by atoms with Crippen LogP contribution in [-0.4, -0.2) is 82.3 Å². The van der Waals surface area contributed by atoms with E-state index in [0.717, 1.165) is 36.7 Å². The molecule has 0 saturated carbocycles. The van der Waals surface area contributed by atoms with E-state index in [0.29, 0.717) is 38.3 Å². The number of aliphatic hydroxyl groups excluding tert-OH is 1. The molecule has 1 amide bonds. The van der Waals surface area contributed by atoms with Gasteiger partial charge in [0.1, 0.15) is 18.5 Å². The van der Waals surface area contributed by atoms with Gasteiger partial charge in [0.2, 0.25) is 5.91 Å². The number of carbonyl (C=O) groups excluding carboxylic acids is 1. The van der Waals surface area contributed by atoms with Crippen LogP contribution in [0.4, 0.5) is 0 Å². The summed E-state index contributed by atoms with van der Waals surface area (Å²) >= 11 is 0. The van der Waals surface area contributed by atoms with E-state index < -0.39 is 18.0 Å². The Morgan fingerprint density at radius 2 is 1.91 bits per heavy atom. The smallest absolute Gasteiger partial charge is 0.308 e. The zero-order chi connectivity index (χ0) is 22.5. The van der Waals surface area contributed by atoms with E-state index in [1.165, 1.54) is 0 Å². The van der Waals surface area contributed by atoms with Crippen LogP contribution in [0, 0.1) is 11.8 Å². The Kier molecular flexibility index (Phi) is 7.22. The predicted molar refractivity (Wildman–Crippen MR) is 119 cm³/mol. The SMILES string of the molecule is O=C(O)C1CCCN(C(=O)C2CCCN(C[C@@H](O)COc3cccc4ncccc34)C2)C1. The van der Waals surface area contributed by atoms with Crippen molar-refractivity contribution in [2.24, 2.45) is 11.8 Å². The fraction of sp³-hybridized carbons (Fsp3) is 0.542. The molecule has 172 valence electrons. The third-order valence-electron chi connectivity index (χ3n) is 6.44. The first-order chi connectivity index (χ1) is 15.5. The fourth-order valence-corrected chi connectivity index (χ4v) is 4.80. The Morgan fingerprint density at radius 1 is 1.09 bits per heavy atom. The largest absolute Gasteiger partial charge is 0.490 e. The molecule has 3 atom stereocenters. The summed E-state index contributed by atoms with van der Waals surface area (Å²) in [6.45, 7) is 2.95. The van der Waals surface area contributed by atoms with E-state index >= 15 is 0 Å². The van der Waals surface area contributed by atoms with Gasteiger partial charge in [-0.25, -0.2) is 0 Å². The Morgan fingerprint density at radius 3 is 2.75 bits per heavy atom. The number of amides is 1. The highest BCUT2D eigenvalue weighted by Gasteiger charge is 2.34. The molecule has 2 aromatic rings. The highest BCUT2D eigenvalue weighted by atomic mass is 16.5. The molecule has 2 unspecified atom stereocenters. The number of pyridine rings is 1. The molecule has 1 aromatic carbocycles. The summed E-state index contributed by atoms with van der Waals surface area (Å²) in [6, 6.07) is 9.48. The minimum absolute atomic E-state index is 0.0506. The van der Waals surface area contributed by atoms with Crippen molar-refractivity contribution in [1.29, 1.82) is 0 Å². The fourth-order valence-electron chi connectivity index (χ4n) is 4.80. The average molecular weight is 442 g/mol. The molecular weight excluding hydrogens is 410 g/mol. The second-order valence-corrected chi connectivity index (χ2v) is 8.85. The molecule has 0 aliphatic carbocycles. The van der Waals surface area contributed by atoms with Gasteiger partial charge in [0.25, 0.3) is 0 Å². The lowest BCUT2D eigenvalue weighted by atomic mass is 9.93. The molecule has 2 aliphatic rings. The van der Waals surface area contributed by atoms with Crippen LogP contribution in [0.3, 0.4) is 0 Å². The maximum Gasteiger partial charge on any atom is 0.308 e. The maximum atomic E-state index is 13.0. The van der Waals surface area contributed by atoms with Crippen molar-refractivity contribution in [2.45, 2.75) is 31.8 Å². The van der Waals surface area contributed by atoms with Crippen LogP contribution in [-0.2, 0) is 9.59 Å². The van der Waals surface area contributed by atoms with E-state index in [1.54, 1.807) is 11.1 Å². The van der Waals surface area contributed by atoms with Crippen molar-refractivity contribution in [3.63, 3.8) is 0 Å². The summed E-state index contributed by atoms with van der Waals surface area (Å²) in [5.41, 5.74) is 0.847. The Hall–Kier alpha value is -2.71. The number of hydrogen-bond acceptors (Lipinski definition) is 6. The summed E-state index contributed by atoms with van der Waals surface area (Å²) < 4.78 is 5.88. The molecule has 0 spiro atoms. The van der Waals surface area contributed by atoms with Gasteiger partial charge in [0, 0.05) is 37.8 Å². The number of β-amino-alcohol motifs (C(OH)–C–C–N with tert-alkyl or cyclic N) is 1. The van der Waals surface area contributed by atoms with E-state index in [4.69, 9.17) is 4.74 Å². The Labute approximate surface area is 187 Å². The summed E-state index contributed by atoms with van der Waals surface area (Å²) in [4.78, 5) is 32.5. The van der Waals surface area contributed by atoms with Crippen molar-refractivity contribution in [2.75, 3.05) is 39.3 Å². The number of nitrogens with zero attached hydrogens (tertiary/aromatic N) is 3. The topological polar surface area (TPSA) is 103 Å². The van der Waals surface area contributed by atoms with Gasteiger partial charge in [-0.2, -0.15) is 0 Å². The van der Waals surface area contributed by atoms with Gasteiger partial charge >= 0.3 is 5.97 Å². The zero-order valence-electron chi connectivity index (χ0n) is 18.2. The third kappa shape index (κ3) is 5.37. The lowest BCUT2D eigenvalue weighted by Gasteiger charge is -2.38. The van der Waals surface area contributed by atoms with Crippen molar-refractivity contribution >= 4 is 22.8 Å². The molecule has 3 heterocycles. The van der Waals surface area contributed by atoms with Crippen LogP contribution < -0.4 is 4.74 Å².